The molecule has 4 unspecified atom stereocenters. The van der Waals surface area contributed by atoms with Gasteiger partial charge in [-0.1, -0.05) is 314 Å². The molecule has 0 heterocycles. The highest BCUT2D eigenvalue weighted by Crippen LogP contribution is 2.19. The van der Waals surface area contributed by atoms with Crippen molar-refractivity contribution in [2.24, 2.45) is 0 Å². The fourth-order valence-electron chi connectivity index (χ4n) is 10.3. The molecule has 422 valence electrons. The number of aliphatic hydroxyl groups is 4. The first-order valence-electron chi connectivity index (χ1n) is 32.2. The number of amides is 1. The molecule has 6 heteroatoms. The van der Waals surface area contributed by atoms with Gasteiger partial charge in [0.25, 0.3) is 0 Å². The number of carbonyl (C=O) groups excluding carboxylic acids is 1. The first-order valence-corrected chi connectivity index (χ1v) is 32.2. The third-order valence-corrected chi connectivity index (χ3v) is 15.4. The molecule has 1 amide bonds. The highest BCUT2D eigenvalue weighted by molar-refractivity contribution is 5.80. The first-order chi connectivity index (χ1) is 35.0. The summed E-state index contributed by atoms with van der Waals surface area (Å²) in [6.45, 7) is 4.09. The molecular weight excluding hydrogens is 875 g/mol. The average molecular weight is 1000 g/mol. The molecule has 6 nitrogen and oxygen atoms in total. The van der Waals surface area contributed by atoms with Gasteiger partial charge in [0.15, 0.2) is 0 Å². The quantitative estimate of drug-likeness (QED) is 0.0308. The second-order valence-electron chi connectivity index (χ2n) is 22.5. The maximum Gasteiger partial charge on any atom is 0.249 e. The molecule has 0 rings (SSSR count). The van der Waals surface area contributed by atoms with Crippen LogP contribution in [0, 0.1) is 0 Å². The summed E-state index contributed by atoms with van der Waals surface area (Å²) >= 11 is 0. The van der Waals surface area contributed by atoms with Crippen LogP contribution in [-0.4, -0.2) is 57.3 Å². The number of nitrogens with one attached hydrogen (secondary N) is 1. The van der Waals surface area contributed by atoms with E-state index in [1.807, 2.05) is 0 Å². The molecule has 0 saturated carbocycles. The van der Waals surface area contributed by atoms with Crippen LogP contribution >= 0.6 is 0 Å². The van der Waals surface area contributed by atoms with Gasteiger partial charge in [0.2, 0.25) is 5.91 Å². The Morgan fingerprint density at radius 1 is 0.338 bits per heavy atom. The van der Waals surface area contributed by atoms with Crippen LogP contribution in [0.1, 0.15) is 354 Å². The summed E-state index contributed by atoms with van der Waals surface area (Å²) < 4.78 is 0. The molecule has 0 aliphatic heterocycles. The lowest BCUT2D eigenvalue weighted by Gasteiger charge is -2.27. The van der Waals surface area contributed by atoms with Crippen LogP contribution in [0.4, 0.5) is 0 Å². The summed E-state index contributed by atoms with van der Waals surface area (Å²) in [4.78, 5) is 12.6. The highest BCUT2D eigenvalue weighted by Gasteiger charge is 2.28. The van der Waals surface area contributed by atoms with Crippen molar-refractivity contribution in [2.45, 2.75) is 379 Å². The molecule has 5 N–H and O–H groups in total. The molecule has 0 aliphatic carbocycles. The summed E-state index contributed by atoms with van der Waals surface area (Å²) in [5.41, 5.74) is 0. The Morgan fingerprint density at radius 2 is 0.577 bits per heavy atom. The van der Waals surface area contributed by atoms with E-state index in [1.165, 1.54) is 289 Å². The topological polar surface area (TPSA) is 110 Å². The molecular formula is C65H127NO5. The number of allylic oxidation sites excluding steroid dienone is 4. The standard InChI is InChI=1S/C65H127NO5/c1-3-5-7-9-11-13-15-17-19-21-23-24-25-26-27-28-29-30-31-32-33-34-35-36-37-38-39-41-43-45-47-49-51-53-55-57-59-63(69)65(71)66-61(60-67)64(70)62(68)58-56-54-52-50-48-46-44-42-40-22-20-18-16-14-12-10-8-6-4-2/h30-31,50,52,61-64,67-70H,3-29,32-49,51,53-60H2,1-2H3,(H,66,71)/b31-30-,52-50+. The molecule has 0 spiro atoms. The normalized spacial score (nSPS) is 13.7. The smallest absolute Gasteiger partial charge is 0.249 e. The zero-order chi connectivity index (χ0) is 51.6. The second-order valence-corrected chi connectivity index (χ2v) is 22.5. The predicted molar refractivity (Wildman–Crippen MR) is 311 cm³/mol. The fourth-order valence-corrected chi connectivity index (χ4v) is 10.3. The van der Waals surface area contributed by atoms with Crippen LogP contribution in [0.2, 0.25) is 0 Å². The van der Waals surface area contributed by atoms with E-state index in [1.54, 1.807) is 0 Å². The Labute approximate surface area is 444 Å². The monoisotopic (exact) mass is 1000 g/mol. The maximum atomic E-state index is 12.6. The van der Waals surface area contributed by atoms with Crippen LogP contribution in [0.5, 0.6) is 0 Å². The van der Waals surface area contributed by atoms with Gasteiger partial charge in [0.05, 0.1) is 18.8 Å². The summed E-state index contributed by atoms with van der Waals surface area (Å²) in [7, 11) is 0. The lowest BCUT2D eigenvalue weighted by Crippen LogP contribution is -2.53. The van der Waals surface area contributed by atoms with Crippen LogP contribution in [0.3, 0.4) is 0 Å². The van der Waals surface area contributed by atoms with E-state index in [2.05, 4.69) is 43.5 Å². The van der Waals surface area contributed by atoms with Crippen LogP contribution in [0.15, 0.2) is 24.3 Å². The van der Waals surface area contributed by atoms with Crippen molar-refractivity contribution in [3.63, 3.8) is 0 Å². The second kappa shape index (κ2) is 59.7. The van der Waals surface area contributed by atoms with E-state index >= 15 is 0 Å². The van der Waals surface area contributed by atoms with E-state index in [0.717, 1.165) is 38.5 Å². The molecule has 0 fully saturated rings. The lowest BCUT2D eigenvalue weighted by molar-refractivity contribution is -0.132. The van der Waals surface area contributed by atoms with Crippen LogP contribution in [0.25, 0.3) is 0 Å². The van der Waals surface area contributed by atoms with Crippen LogP contribution < -0.4 is 5.32 Å². The molecule has 0 aromatic carbocycles. The number of hydrogen-bond acceptors (Lipinski definition) is 5. The minimum Gasteiger partial charge on any atom is -0.394 e. The molecule has 0 aromatic heterocycles. The zero-order valence-corrected chi connectivity index (χ0v) is 48.0. The Balaban J connectivity index is 3.54. The summed E-state index contributed by atoms with van der Waals surface area (Å²) in [6, 6.07) is -1.00. The van der Waals surface area contributed by atoms with Crippen molar-refractivity contribution in [1.82, 2.24) is 5.32 Å². The SMILES string of the molecule is CCCCCCCCCCCCCCCC/C=C/CCCC(O)C(O)C(CO)NC(=O)C(O)CCCCCCCCCCCCCCCCCC/C=C\CCCCCCCCCCCCCCCCCC. The van der Waals surface area contributed by atoms with Gasteiger partial charge < -0.3 is 25.7 Å². The van der Waals surface area contributed by atoms with Crippen molar-refractivity contribution in [1.29, 1.82) is 0 Å². The number of rotatable bonds is 60. The predicted octanol–water partition coefficient (Wildman–Crippen LogP) is 19.4. The molecule has 0 saturated heterocycles. The third-order valence-electron chi connectivity index (χ3n) is 15.4. The van der Waals surface area contributed by atoms with Gasteiger partial charge >= 0.3 is 0 Å². The first kappa shape index (κ1) is 69.8. The number of unbranched alkanes of at least 4 members (excludes halogenated alkanes) is 47. The Bertz CT molecular complexity index is 1080. The van der Waals surface area contributed by atoms with E-state index < -0.39 is 36.9 Å². The van der Waals surface area contributed by atoms with Gasteiger partial charge in [0, 0.05) is 0 Å². The summed E-state index contributed by atoms with van der Waals surface area (Å²) in [5, 5.41) is 44.0. The molecule has 4 atom stereocenters. The number of aliphatic hydroxyl groups excluding tert-OH is 4. The summed E-state index contributed by atoms with van der Waals surface area (Å²) in [5.74, 6) is -0.587. The molecule has 0 radical (unpaired) electrons. The Kier molecular flexibility index (Phi) is 58.6. The average Bonchev–Trinajstić information content (AvgIpc) is 3.38. The van der Waals surface area contributed by atoms with E-state index in [0.29, 0.717) is 12.8 Å². The van der Waals surface area contributed by atoms with Crippen molar-refractivity contribution < 1.29 is 25.2 Å². The Hall–Kier alpha value is -1.21. The van der Waals surface area contributed by atoms with Gasteiger partial charge in [0.1, 0.15) is 12.2 Å². The molecule has 0 aliphatic rings. The molecule has 71 heavy (non-hydrogen) atoms. The lowest BCUT2D eigenvalue weighted by atomic mass is 10.00. The van der Waals surface area contributed by atoms with E-state index in [9.17, 15) is 25.2 Å². The van der Waals surface area contributed by atoms with E-state index in [4.69, 9.17) is 0 Å². The number of hydrogen-bond donors (Lipinski definition) is 5. The van der Waals surface area contributed by atoms with Crippen molar-refractivity contribution in [3.8, 4) is 0 Å². The van der Waals surface area contributed by atoms with E-state index in [-0.39, 0.29) is 0 Å². The number of carbonyl (C=O) groups is 1. The van der Waals surface area contributed by atoms with Crippen molar-refractivity contribution >= 4 is 5.91 Å². The Morgan fingerprint density at radius 3 is 0.845 bits per heavy atom. The zero-order valence-electron chi connectivity index (χ0n) is 48.0. The largest absolute Gasteiger partial charge is 0.394 e. The van der Waals surface area contributed by atoms with Crippen LogP contribution in [-0.2, 0) is 4.79 Å². The van der Waals surface area contributed by atoms with Gasteiger partial charge in [-0.25, -0.2) is 0 Å². The van der Waals surface area contributed by atoms with Gasteiger partial charge in [-0.15, -0.1) is 0 Å². The van der Waals surface area contributed by atoms with Gasteiger partial charge in [-0.3, -0.25) is 4.79 Å². The summed E-state index contributed by atoms with van der Waals surface area (Å²) in [6.07, 6.45) is 74.3. The fraction of sp³-hybridized carbons (Fsp3) is 0.923. The van der Waals surface area contributed by atoms with Crippen molar-refractivity contribution in [2.75, 3.05) is 6.61 Å². The maximum absolute atomic E-state index is 12.6. The highest BCUT2D eigenvalue weighted by atomic mass is 16.3. The van der Waals surface area contributed by atoms with Crippen molar-refractivity contribution in [3.05, 3.63) is 24.3 Å². The molecule has 0 bridgehead atoms. The minimum absolute atomic E-state index is 0.366. The minimum atomic E-state index is -1.28. The van der Waals surface area contributed by atoms with Gasteiger partial charge in [-0.05, 0) is 64.2 Å². The molecule has 0 aromatic rings. The third kappa shape index (κ3) is 53.4. The van der Waals surface area contributed by atoms with Gasteiger partial charge in [-0.2, -0.15) is 0 Å².